The molecule has 0 spiro atoms. The van der Waals surface area contributed by atoms with Crippen molar-refractivity contribution >= 4 is 11.6 Å². The van der Waals surface area contributed by atoms with Gasteiger partial charge in [-0.15, -0.1) is 0 Å². The summed E-state index contributed by atoms with van der Waals surface area (Å²) < 4.78 is 0. The molecule has 0 bridgehead atoms. The number of anilines is 1. The van der Waals surface area contributed by atoms with E-state index in [1.807, 2.05) is 24.3 Å². The third kappa shape index (κ3) is 3.72. The predicted octanol–water partition coefficient (Wildman–Crippen LogP) is 2.75. The zero-order valence-electron chi connectivity index (χ0n) is 11.9. The smallest absolute Gasteiger partial charge is 0.224 e. The largest absolute Gasteiger partial charge is 0.398 e. The second-order valence-corrected chi connectivity index (χ2v) is 5.91. The molecule has 1 fully saturated rings. The Labute approximate surface area is 115 Å². The maximum Gasteiger partial charge on any atom is 0.224 e. The minimum Gasteiger partial charge on any atom is -0.398 e. The summed E-state index contributed by atoms with van der Waals surface area (Å²) in [6, 6.07) is 7.90. The van der Waals surface area contributed by atoms with E-state index in [2.05, 4.69) is 19.2 Å². The van der Waals surface area contributed by atoms with E-state index < -0.39 is 0 Å². The fraction of sp³-hybridized carbons (Fsp3) is 0.562. The van der Waals surface area contributed by atoms with E-state index >= 15 is 0 Å². The first-order valence-electron chi connectivity index (χ1n) is 7.19. The standard InChI is InChI=1S/C16H24N2O/c1-11-7-8-14(9-12(11)2)18-16(19)10-13-5-3-4-6-15(13)17/h3-6,11-12,14H,7-10,17H2,1-2H3,(H,18,19). The molecule has 0 aliphatic heterocycles. The number of para-hydroxylation sites is 1. The summed E-state index contributed by atoms with van der Waals surface area (Å²) in [5.41, 5.74) is 7.47. The van der Waals surface area contributed by atoms with Crippen LogP contribution in [-0.2, 0) is 11.2 Å². The maximum absolute atomic E-state index is 12.1. The number of amides is 1. The zero-order chi connectivity index (χ0) is 13.8. The Hall–Kier alpha value is -1.51. The number of nitrogens with one attached hydrogen (secondary N) is 1. The van der Waals surface area contributed by atoms with Crippen LogP contribution >= 0.6 is 0 Å². The minimum atomic E-state index is 0.0876. The van der Waals surface area contributed by atoms with E-state index in [4.69, 9.17) is 5.73 Å². The molecule has 1 aromatic carbocycles. The van der Waals surface area contributed by atoms with Crippen LogP contribution in [0.5, 0.6) is 0 Å². The van der Waals surface area contributed by atoms with Crippen molar-refractivity contribution in [2.24, 2.45) is 11.8 Å². The fourth-order valence-corrected chi connectivity index (χ4v) is 2.83. The van der Waals surface area contributed by atoms with Gasteiger partial charge in [-0.2, -0.15) is 0 Å². The van der Waals surface area contributed by atoms with Crippen molar-refractivity contribution in [3.05, 3.63) is 29.8 Å². The SMILES string of the molecule is CC1CCC(NC(=O)Cc2ccccc2N)CC1C. The summed E-state index contributed by atoms with van der Waals surface area (Å²) in [5.74, 6) is 1.56. The molecule has 1 aliphatic rings. The molecule has 0 radical (unpaired) electrons. The van der Waals surface area contributed by atoms with Crippen LogP contribution < -0.4 is 11.1 Å². The Morgan fingerprint density at radius 3 is 2.68 bits per heavy atom. The molecule has 3 N–H and O–H groups in total. The highest BCUT2D eigenvalue weighted by Gasteiger charge is 2.25. The van der Waals surface area contributed by atoms with Gasteiger partial charge in [0.05, 0.1) is 6.42 Å². The zero-order valence-corrected chi connectivity index (χ0v) is 11.9. The number of hydrogen-bond acceptors (Lipinski definition) is 2. The first-order chi connectivity index (χ1) is 9.06. The molecule has 1 saturated carbocycles. The van der Waals surface area contributed by atoms with Gasteiger partial charge in [-0.1, -0.05) is 32.0 Å². The fourth-order valence-electron chi connectivity index (χ4n) is 2.83. The Morgan fingerprint density at radius 1 is 1.26 bits per heavy atom. The Morgan fingerprint density at radius 2 is 2.00 bits per heavy atom. The molecule has 3 atom stereocenters. The Kier molecular flexibility index (Phi) is 4.46. The number of rotatable bonds is 3. The average molecular weight is 260 g/mol. The summed E-state index contributed by atoms with van der Waals surface area (Å²) in [4.78, 5) is 12.1. The number of benzene rings is 1. The first kappa shape index (κ1) is 13.9. The van der Waals surface area contributed by atoms with Gasteiger partial charge in [0, 0.05) is 11.7 Å². The Balaban J connectivity index is 1.87. The molecule has 0 saturated heterocycles. The third-order valence-electron chi connectivity index (χ3n) is 4.37. The molecule has 3 unspecified atom stereocenters. The van der Waals surface area contributed by atoms with Crippen LogP contribution in [0, 0.1) is 11.8 Å². The van der Waals surface area contributed by atoms with Gasteiger partial charge in [-0.3, -0.25) is 4.79 Å². The van der Waals surface area contributed by atoms with Crippen LogP contribution in [-0.4, -0.2) is 11.9 Å². The summed E-state index contributed by atoms with van der Waals surface area (Å²) >= 11 is 0. The maximum atomic E-state index is 12.1. The summed E-state index contributed by atoms with van der Waals surface area (Å²) in [6.07, 6.45) is 3.78. The van der Waals surface area contributed by atoms with Crippen molar-refractivity contribution in [1.82, 2.24) is 5.32 Å². The quantitative estimate of drug-likeness (QED) is 0.821. The lowest BCUT2D eigenvalue weighted by Crippen LogP contribution is -2.40. The van der Waals surface area contributed by atoms with E-state index in [1.165, 1.54) is 6.42 Å². The van der Waals surface area contributed by atoms with Gasteiger partial charge in [0.15, 0.2) is 0 Å². The average Bonchev–Trinajstić information content (AvgIpc) is 2.37. The second-order valence-electron chi connectivity index (χ2n) is 5.91. The Bertz CT molecular complexity index is 444. The molecule has 0 aromatic heterocycles. The molecule has 0 heterocycles. The molecule has 19 heavy (non-hydrogen) atoms. The van der Waals surface area contributed by atoms with Gasteiger partial charge in [0.25, 0.3) is 0 Å². The lowest BCUT2D eigenvalue weighted by atomic mass is 9.79. The molecule has 1 aliphatic carbocycles. The van der Waals surface area contributed by atoms with Crippen molar-refractivity contribution in [3.8, 4) is 0 Å². The second kappa shape index (κ2) is 6.09. The monoisotopic (exact) mass is 260 g/mol. The highest BCUT2D eigenvalue weighted by atomic mass is 16.1. The van der Waals surface area contributed by atoms with Gasteiger partial charge in [0.2, 0.25) is 5.91 Å². The molecule has 3 nitrogen and oxygen atoms in total. The van der Waals surface area contributed by atoms with Crippen molar-refractivity contribution in [2.45, 2.75) is 45.6 Å². The molecule has 2 rings (SSSR count). The molecule has 1 amide bonds. The highest BCUT2D eigenvalue weighted by molar-refractivity contribution is 5.80. The number of carbonyl (C=O) groups excluding carboxylic acids is 1. The molecule has 3 heteroatoms. The number of carbonyl (C=O) groups is 1. The summed E-state index contributed by atoms with van der Waals surface area (Å²) in [6.45, 7) is 4.57. The van der Waals surface area contributed by atoms with Gasteiger partial charge in [0.1, 0.15) is 0 Å². The van der Waals surface area contributed by atoms with Crippen LogP contribution in [0.1, 0.15) is 38.7 Å². The molecular formula is C16H24N2O. The van der Waals surface area contributed by atoms with E-state index in [9.17, 15) is 4.79 Å². The molecule has 104 valence electrons. The van der Waals surface area contributed by atoms with E-state index in [0.717, 1.165) is 24.3 Å². The van der Waals surface area contributed by atoms with Crippen molar-refractivity contribution in [2.75, 3.05) is 5.73 Å². The first-order valence-corrected chi connectivity index (χ1v) is 7.19. The number of hydrogen-bond donors (Lipinski definition) is 2. The third-order valence-corrected chi connectivity index (χ3v) is 4.37. The van der Waals surface area contributed by atoms with E-state index in [1.54, 1.807) is 0 Å². The van der Waals surface area contributed by atoms with E-state index in [0.29, 0.717) is 24.1 Å². The summed E-state index contributed by atoms with van der Waals surface area (Å²) in [5, 5.41) is 3.15. The van der Waals surface area contributed by atoms with Crippen LogP contribution in [0.2, 0.25) is 0 Å². The van der Waals surface area contributed by atoms with Crippen LogP contribution in [0.3, 0.4) is 0 Å². The molecule has 1 aromatic rings. The topological polar surface area (TPSA) is 55.1 Å². The van der Waals surface area contributed by atoms with Crippen LogP contribution in [0.15, 0.2) is 24.3 Å². The number of nitrogen functional groups attached to an aromatic ring is 1. The van der Waals surface area contributed by atoms with Gasteiger partial charge >= 0.3 is 0 Å². The molecular weight excluding hydrogens is 236 g/mol. The van der Waals surface area contributed by atoms with Crippen LogP contribution in [0.4, 0.5) is 5.69 Å². The lowest BCUT2D eigenvalue weighted by molar-refractivity contribution is -0.121. The minimum absolute atomic E-state index is 0.0876. The van der Waals surface area contributed by atoms with Crippen LogP contribution in [0.25, 0.3) is 0 Å². The van der Waals surface area contributed by atoms with Gasteiger partial charge in [-0.05, 0) is 42.7 Å². The van der Waals surface area contributed by atoms with Crippen molar-refractivity contribution in [1.29, 1.82) is 0 Å². The van der Waals surface area contributed by atoms with Gasteiger partial charge < -0.3 is 11.1 Å². The van der Waals surface area contributed by atoms with Crippen molar-refractivity contribution < 1.29 is 4.79 Å². The lowest BCUT2D eigenvalue weighted by Gasteiger charge is -2.32. The predicted molar refractivity (Wildman–Crippen MR) is 78.7 cm³/mol. The number of nitrogens with two attached hydrogens (primary N) is 1. The summed E-state index contributed by atoms with van der Waals surface area (Å²) in [7, 11) is 0. The normalized spacial score (nSPS) is 26.9. The van der Waals surface area contributed by atoms with Gasteiger partial charge in [-0.25, -0.2) is 0 Å². The van der Waals surface area contributed by atoms with Crippen molar-refractivity contribution in [3.63, 3.8) is 0 Å². The highest BCUT2D eigenvalue weighted by Crippen LogP contribution is 2.29. The van der Waals surface area contributed by atoms with E-state index in [-0.39, 0.29) is 5.91 Å².